The Bertz CT molecular complexity index is 1060. The van der Waals surface area contributed by atoms with Crippen molar-refractivity contribution in [3.63, 3.8) is 0 Å². The molecule has 2 aromatic rings. The van der Waals surface area contributed by atoms with E-state index in [0.717, 1.165) is 5.92 Å². The third-order valence-electron chi connectivity index (χ3n) is 8.24. The molecule has 1 atom stereocenters. The van der Waals surface area contributed by atoms with Crippen molar-refractivity contribution in [3.05, 3.63) is 79.7 Å². The quantitative estimate of drug-likeness (QED) is 0.415. The fourth-order valence-electron chi connectivity index (χ4n) is 7.19. The molecule has 2 bridgehead atoms. The molecule has 0 N–H and O–H groups in total. The average Bonchev–Trinajstić information content (AvgIpc) is 3.30. The summed E-state index contributed by atoms with van der Waals surface area (Å²) in [6.07, 6.45) is 7.18. The van der Waals surface area contributed by atoms with E-state index in [1.807, 2.05) is 14.4 Å². The van der Waals surface area contributed by atoms with Gasteiger partial charge in [0.15, 0.2) is 0 Å². The maximum absolute atomic E-state index is 2.57. The topological polar surface area (TPSA) is 0 Å². The molecular weight excluding hydrogens is 440 g/mol. The number of hydrogen-bond donors (Lipinski definition) is 0. The Morgan fingerprint density at radius 1 is 0.833 bits per heavy atom. The molecule has 30 heavy (non-hydrogen) atoms. The summed E-state index contributed by atoms with van der Waals surface area (Å²) in [6.45, 7) is 9.94. The van der Waals surface area contributed by atoms with Gasteiger partial charge in [0.1, 0.15) is 0 Å². The van der Waals surface area contributed by atoms with Crippen LogP contribution in [-0.4, -0.2) is 0 Å². The van der Waals surface area contributed by atoms with E-state index in [0.29, 0.717) is 14.5 Å². The molecule has 1 unspecified atom stereocenters. The van der Waals surface area contributed by atoms with Gasteiger partial charge in [-0.15, -0.1) is 0 Å². The van der Waals surface area contributed by atoms with Gasteiger partial charge in [-0.1, -0.05) is 0 Å². The predicted octanol–water partition coefficient (Wildman–Crippen LogP) is 8.05. The first-order chi connectivity index (χ1) is 14.4. The molecule has 0 amide bonds. The van der Waals surface area contributed by atoms with Gasteiger partial charge in [0.25, 0.3) is 0 Å². The maximum atomic E-state index is 2.57. The molecule has 0 aromatic heterocycles. The van der Waals surface area contributed by atoms with Gasteiger partial charge < -0.3 is 0 Å². The summed E-state index contributed by atoms with van der Waals surface area (Å²) in [5.41, 5.74) is 12.6. The van der Waals surface area contributed by atoms with Gasteiger partial charge in [-0.2, -0.15) is 0 Å². The summed E-state index contributed by atoms with van der Waals surface area (Å²) in [6, 6.07) is 18.5. The van der Waals surface area contributed by atoms with Crippen molar-refractivity contribution in [2.45, 2.75) is 63.4 Å². The summed E-state index contributed by atoms with van der Waals surface area (Å²) >= 11 is -0.795. The zero-order valence-electron chi connectivity index (χ0n) is 18.8. The minimum absolute atomic E-state index is 0.300. The van der Waals surface area contributed by atoms with Gasteiger partial charge in [-0.3, -0.25) is 0 Å². The van der Waals surface area contributed by atoms with E-state index in [4.69, 9.17) is 0 Å². The van der Waals surface area contributed by atoms with Crippen molar-refractivity contribution in [1.29, 1.82) is 0 Å². The first kappa shape index (κ1) is 19.5. The SMILES string of the molecule is CC1[C]([Zr][CH]2c3ccccc3-c3ccccc32)=C2C(C(C)(C)C)=C1C21CCCCC1. The molecular formula is C29H32Zr. The number of allylic oxidation sites excluding steroid dienone is 4. The summed E-state index contributed by atoms with van der Waals surface area (Å²) in [7, 11) is 0. The van der Waals surface area contributed by atoms with Crippen LogP contribution in [0.4, 0.5) is 0 Å². The van der Waals surface area contributed by atoms with Crippen LogP contribution in [0.15, 0.2) is 68.5 Å². The third-order valence-corrected chi connectivity index (χ3v) is 12.9. The molecule has 0 nitrogen and oxygen atoms in total. The Morgan fingerprint density at radius 3 is 1.97 bits per heavy atom. The Labute approximate surface area is 193 Å². The molecule has 0 heterocycles. The van der Waals surface area contributed by atoms with E-state index in [2.05, 4.69) is 76.2 Å². The van der Waals surface area contributed by atoms with Crippen LogP contribution in [0.5, 0.6) is 0 Å². The number of hydrogen-bond acceptors (Lipinski definition) is 0. The molecule has 152 valence electrons. The van der Waals surface area contributed by atoms with Crippen molar-refractivity contribution >= 4 is 0 Å². The van der Waals surface area contributed by atoms with Crippen LogP contribution in [0.25, 0.3) is 11.1 Å². The average molecular weight is 472 g/mol. The summed E-state index contributed by atoms with van der Waals surface area (Å²) in [4.78, 5) is 0. The normalized spacial score (nSPS) is 24.2. The van der Waals surface area contributed by atoms with E-state index >= 15 is 0 Å². The van der Waals surface area contributed by atoms with Crippen LogP contribution in [0.2, 0.25) is 0 Å². The molecule has 0 radical (unpaired) electrons. The van der Waals surface area contributed by atoms with Crippen LogP contribution >= 0.6 is 0 Å². The Balaban J connectivity index is 1.48. The molecule has 1 fully saturated rings. The summed E-state index contributed by atoms with van der Waals surface area (Å²) < 4.78 is 2.64. The van der Waals surface area contributed by atoms with E-state index < -0.39 is 23.2 Å². The van der Waals surface area contributed by atoms with Crippen molar-refractivity contribution in [1.82, 2.24) is 0 Å². The Hall–Kier alpha value is -1.20. The monoisotopic (exact) mass is 470 g/mol. The third kappa shape index (κ3) is 2.48. The van der Waals surface area contributed by atoms with Crippen molar-refractivity contribution in [3.8, 4) is 11.1 Å². The fraction of sp³-hybridized carbons (Fsp3) is 0.448. The van der Waals surface area contributed by atoms with E-state index in [-0.39, 0.29) is 0 Å². The summed E-state index contributed by atoms with van der Waals surface area (Å²) in [5.74, 6) is 0.721. The van der Waals surface area contributed by atoms with Crippen molar-refractivity contribution < 1.29 is 23.2 Å². The number of benzene rings is 2. The minimum atomic E-state index is -0.795. The van der Waals surface area contributed by atoms with E-state index in [9.17, 15) is 0 Å². The van der Waals surface area contributed by atoms with Gasteiger partial charge >= 0.3 is 194 Å². The first-order valence-corrected chi connectivity index (χ1v) is 14.5. The molecule has 0 aliphatic heterocycles. The van der Waals surface area contributed by atoms with Gasteiger partial charge in [-0.05, 0) is 0 Å². The zero-order chi connectivity index (χ0) is 20.7. The van der Waals surface area contributed by atoms with Crippen LogP contribution in [-0.2, 0) is 23.2 Å². The van der Waals surface area contributed by atoms with Crippen molar-refractivity contribution in [2.24, 2.45) is 16.7 Å². The molecule has 5 aliphatic rings. The van der Waals surface area contributed by atoms with E-state index in [1.54, 1.807) is 16.7 Å². The van der Waals surface area contributed by atoms with Gasteiger partial charge in [0.05, 0.1) is 0 Å². The molecule has 1 spiro atoms. The van der Waals surface area contributed by atoms with Crippen LogP contribution in [0.3, 0.4) is 0 Å². The molecule has 2 aromatic carbocycles. The summed E-state index contributed by atoms with van der Waals surface area (Å²) in [5, 5.41) is 0. The van der Waals surface area contributed by atoms with Gasteiger partial charge in [-0.25, -0.2) is 0 Å². The second-order valence-corrected chi connectivity index (χ2v) is 14.4. The Morgan fingerprint density at radius 2 is 1.40 bits per heavy atom. The Kier molecular flexibility index (Phi) is 4.32. The van der Waals surface area contributed by atoms with Gasteiger partial charge in [0.2, 0.25) is 0 Å². The number of rotatable bonds is 2. The van der Waals surface area contributed by atoms with Crippen LogP contribution in [0.1, 0.15) is 74.6 Å². The zero-order valence-corrected chi connectivity index (χ0v) is 21.3. The van der Waals surface area contributed by atoms with Crippen LogP contribution < -0.4 is 0 Å². The van der Waals surface area contributed by atoms with E-state index in [1.165, 1.54) is 43.2 Å². The van der Waals surface area contributed by atoms with Crippen molar-refractivity contribution in [2.75, 3.05) is 0 Å². The predicted molar refractivity (Wildman–Crippen MR) is 122 cm³/mol. The molecule has 1 saturated carbocycles. The van der Waals surface area contributed by atoms with Gasteiger partial charge in [0, 0.05) is 0 Å². The molecule has 7 rings (SSSR count). The molecule has 0 saturated heterocycles. The first-order valence-electron chi connectivity index (χ1n) is 11.9. The molecule has 5 aliphatic carbocycles. The molecule has 1 heteroatoms. The fourth-order valence-corrected chi connectivity index (χ4v) is 12.2. The van der Waals surface area contributed by atoms with Crippen LogP contribution in [0, 0.1) is 16.7 Å². The number of fused-ring (bicyclic) bond motifs is 4. The second-order valence-electron chi connectivity index (χ2n) is 10.9. The standard InChI is InChI=1S/C16H23.C13H9.Zr/c1-11-10-12-14(15(2,3)4)13(11)16(12)8-6-5-7-9-16;1-3-7-12-10(5-1)9-11-6-2-4-8-13(11)12;/h11H,5-9H2,1-4H3;1-9H;. The second kappa shape index (κ2) is 6.65.